The van der Waals surface area contributed by atoms with Crippen LogP contribution in [0, 0.1) is 0 Å². The van der Waals surface area contributed by atoms with Gasteiger partial charge in [-0.25, -0.2) is 0 Å². The molecule has 0 atom stereocenters. The van der Waals surface area contributed by atoms with E-state index in [0.29, 0.717) is 0 Å². The van der Waals surface area contributed by atoms with Crippen molar-refractivity contribution in [2.75, 3.05) is 0 Å². The Morgan fingerprint density at radius 2 is 0.953 bits per heavy atom. The molecule has 0 spiro atoms. The van der Waals surface area contributed by atoms with Crippen LogP contribution in [-0.2, 0) is 0 Å². The van der Waals surface area contributed by atoms with Gasteiger partial charge in [-0.2, -0.15) is 0 Å². The van der Waals surface area contributed by atoms with Gasteiger partial charge in [-0.3, -0.25) is 0 Å². The molecule has 1 nitrogen and oxygen atoms in total. The molecule has 8 aromatic carbocycles. The molecule has 9 rings (SSSR count). The first-order chi connectivity index (χ1) is 23.0. The van der Waals surface area contributed by atoms with Crippen LogP contribution in [0.3, 0.4) is 0 Å². The number of hydrogen-bond donors (Lipinski definition) is 0. The third-order valence-corrected chi connectivity index (χ3v) is 8.62. The maximum absolute atomic E-state index is 8.74. The van der Waals surface area contributed by atoms with E-state index in [1.807, 2.05) is 54.6 Å². The molecule has 0 amide bonds. The third-order valence-electron chi connectivity index (χ3n) is 8.62. The van der Waals surface area contributed by atoms with E-state index < -0.39 is 0 Å². The van der Waals surface area contributed by atoms with Crippen molar-refractivity contribution < 1.29 is 10.2 Å². The fourth-order valence-electron chi connectivity index (χ4n) is 6.77. The Bertz CT molecular complexity index is 2520. The maximum atomic E-state index is 8.74. The minimum absolute atomic E-state index is 0.130. The molecule has 1 aliphatic heterocycles. The van der Waals surface area contributed by atoms with Gasteiger partial charge in [0.1, 0.15) is 11.5 Å². The maximum Gasteiger partial charge on any atom is 0.135 e. The molecule has 0 saturated carbocycles. The molecule has 0 unspecified atom stereocenters. The Hall–Kier alpha value is -5.66. The van der Waals surface area contributed by atoms with E-state index in [9.17, 15) is 0 Å². The lowest BCUT2D eigenvalue weighted by atomic mass is 9.83. The van der Waals surface area contributed by atoms with Gasteiger partial charge in [-0.15, -0.1) is 0 Å². The molecule has 43 heavy (non-hydrogen) atoms. The summed E-state index contributed by atoms with van der Waals surface area (Å²) in [7, 11) is 0. The average Bonchev–Trinajstić information content (AvgIpc) is 3.10. The molecule has 0 aromatic heterocycles. The van der Waals surface area contributed by atoms with E-state index in [1.54, 1.807) is 24.3 Å². The second-order valence-electron chi connectivity index (χ2n) is 10.9. The van der Waals surface area contributed by atoms with Crippen LogP contribution >= 0.6 is 0 Å². The summed E-state index contributed by atoms with van der Waals surface area (Å²) in [4.78, 5) is 0. The summed E-state index contributed by atoms with van der Waals surface area (Å²) in [6.07, 6.45) is 0. The number of ether oxygens (including phenoxy) is 1. The third kappa shape index (κ3) is 3.65. The largest absolute Gasteiger partial charge is 0.456 e. The van der Waals surface area contributed by atoms with Crippen molar-refractivity contribution in [3.05, 3.63) is 158 Å². The van der Waals surface area contributed by atoms with Crippen LogP contribution in [0.2, 0.25) is 0 Å². The lowest BCUT2D eigenvalue weighted by Crippen LogP contribution is -1.98. The molecule has 1 heterocycles. The molecular formula is C42H26O. The smallest absolute Gasteiger partial charge is 0.135 e. The van der Waals surface area contributed by atoms with Gasteiger partial charge in [0.2, 0.25) is 0 Å². The zero-order valence-electron chi connectivity index (χ0n) is 27.1. The van der Waals surface area contributed by atoms with E-state index in [1.165, 1.54) is 0 Å². The number of rotatable bonds is 3. The predicted molar refractivity (Wildman–Crippen MR) is 181 cm³/mol. The van der Waals surface area contributed by atoms with Gasteiger partial charge in [0.05, 0.1) is 5.48 Å². The summed E-state index contributed by atoms with van der Waals surface area (Å²) in [6, 6.07) is 44.6. The highest BCUT2D eigenvalue weighted by atomic mass is 16.5. The highest BCUT2D eigenvalue weighted by molar-refractivity contribution is 6.24. The van der Waals surface area contributed by atoms with E-state index in [2.05, 4.69) is 54.6 Å². The Balaban J connectivity index is 1.42. The van der Waals surface area contributed by atoms with Crippen molar-refractivity contribution in [2.24, 2.45) is 0 Å². The second-order valence-corrected chi connectivity index (χ2v) is 10.9. The summed E-state index contributed by atoms with van der Waals surface area (Å²) >= 11 is 0. The Labute approximate surface area is 255 Å². The van der Waals surface area contributed by atoms with Gasteiger partial charge in [0, 0.05) is 10.9 Å². The average molecular weight is 551 g/mol. The van der Waals surface area contributed by atoms with E-state index in [4.69, 9.17) is 10.2 Å². The van der Waals surface area contributed by atoms with Crippen molar-refractivity contribution >= 4 is 32.3 Å². The molecule has 0 fully saturated rings. The van der Waals surface area contributed by atoms with Crippen molar-refractivity contribution in [3.8, 4) is 56.0 Å². The summed E-state index contributed by atoms with van der Waals surface area (Å²) in [5.41, 5.74) is 7.94. The Kier molecular flexibility index (Phi) is 4.45. The van der Waals surface area contributed by atoms with E-state index >= 15 is 0 Å². The molecule has 8 aromatic rings. The van der Waals surface area contributed by atoms with Crippen LogP contribution in [0.5, 0.6) is 11.5 Å². The first-order valence-corrected chi connectivity index (χ1v) is 14.4. The standard InChI is InChI=1S/C42H26O/c1-2-12-27(13-3-1)28-14-10-15-29(26-28)40-31-17-4-6-19-33(31)41(34-20-7-5-18-32(34)40)37-25-24-36-30-16-8-9-22-38(30)43-39-23-11-21-35(37)42(36)39/h1-26H/i4D,5D,6D,7D. The van der Waals surface area contributed by atoms with Crippen molar-refractivity contribution in [1.82, 2.24) is 0 Å². The normalized spacial score (nSPS) is 13.2. The fraction of sp³-hybridized carbons (Fsp3) is 0. The number of fused-ring (bicyclic) bond motifs is 4. The van der Waals surface area contributed by atoms with Gasteiger partial charge in [-0.05, 0) is 84.1 Å². The minimum Gasteiger partial charge on any atom is -0.456 e. The van der Waals surface area contributed by atoms with Gasteiger partial charge in [0.25, 0.3) is 0 Å². The number of benzene rings is 8. The van der Waals surface area contributed by atoms with Gasteiger partial charge in [0.15, 0.2) is 0 Å². The lowest BCUT2D eigenvalue weighted by Gasteiger charge is -2.24. The Morgan fingerprint density at radius 3 is 1.72 bits per heavy atom. The molecule has 0 aliphatic carbocycles. The van der Waals surface area contributed by atoms with Crippen LogP contribution in [-0.4, -0.2) is 0 Å². The zero-order valence-corrected chi connectivity index (χ0v) is 23.1. The minimum atomic E-state index is 0.130. The van der Waals surface area contributed by atoms with Crippen molar-refractivity contribution in [1.29, 1.82) is 0 Å². The monoisotopic (exact) mass is 550 g/mol. The van der Waals surface area contributed by atoms with Crippen LogP contribution < -0.4 is 4.74 Å². The summed E-state index contributed by atoms with van der Waals surface area (Å²) < 4.78 is 41.3. The Morgan fingerprint density at radius 1 is 0.372 bits per heavy atom. The second kappa shape index (κ2) is 9.44. The fourth-order valence-corrected chi connectivity index (χ4v) is 6.77. The zero-order chi connectivity index (χ0) is 31.8. The lowest BCUT2D eigenvalue weighted by molar-refractivity contribution is 0.487. The van der Waals surface area contributed by atoms with E-state index in [-0.39, 0.29) is 24.2 Å². The highest BCUT2D eigenvalue weighted by Crippen LogP contribution is 2.51. The molecule has 1 aliphatic rings. The summed E-state index contributed by atoms with van der Waals surface area (Å²) in [6.45, 7) is 0. The van der Waals surface area contributed by atoms with Gasteiger partial charge >= 0.3 is 0 Å². The first kappa shape index (κ1) is 20.3. The SMILES string of the molecule is [2H]c1cc2c(-c3cccc(-c4ccccc4)c3)c3cc([2H])c([2H])cc3c(-c3ccc4c5c(cccc35)Oc3ccccc3-4)c2cc1[2H]. The van der Waals surface area contributed by atoms with Crippen LogP contribution in [0.1, 0.15) is 5.48 Å². The quantitative estimate of drug-likeness (QED) is 0.199. The first-order valence-electron chi connectivity index (χ1n) is 16.4. The molecule has 0 saturated heterocycles. The number of para-hydroxylation sites is 1. The molecular weight excluding hydrogens is 520 g/mol. The van der Waals surface area contributed by atoms with Crippen LogP contribution in [0.15, 0.2) is 158 Å². The van der Waals surface area contributed by atoms with Crippen LogP contribution in [0.25, 0.3) is 76.8 Å². The number of hydrogen-bond acceptors (Lipinski definition) is 1. The summed E-state index contributed by atoms with van der Waals surface area (Å²) in [5, 5.41) is 5.33. The molecule has 0 N–H and O–H groups in total. The molecule has 200 valence electrons. The van der Waals surface area contributed by atoms with Gasteiger partial charge < -0.3 is 4.74 Å². The molecule has 1 heteroatoms. The van der Waals surface area contributed by atoms with Crippen molar-refractivity contribution in [3.63, 3.8) is 0 Å². The molecule has 0 radical (unpaired) electrons. The highest BCUT2D eigenvalue weighted by Gasteiger charge is 2.23. The van der Waals surface area contributed by atoms with E-state index in [0.717, 1.165) is 88.3 Å². The van der Waals surface area contributed by atoms with Crippen molar-refractivity contribution in [2.45, 2.75) is 0 Å². The predicted octanol–water partition coefficient (Wildman–Crippen LogP) is 11.9. The van der Waals surface area contributed by atoms with Crippen LogP contribution in [0.4, 0.5) is 0 Å². The molecule has 0 bridgehead atoms. The van der Waals surface area contributed by atoms with Gasteiger partial charge in [-0.1, -0.05) is 139 Å². The topological polar surface area (TPSA) is 9.23 Å². The summed E-state index contributed by atoms with van der Waals surface area (Å²) in [5.74, 6) is 1.60.